The lowest BCUT2D eigenvalue weighted by Gasteiger charge is -2.11. The lowest BCUT2D eigenvalue weighted by atomic mass is 10.1. The average molecular weight is 286 g/mol. The Labute approximate surface area is 127 Å². The molecule has 1 fully saturated rings. The highest BCUT2D eigenvalue weighted by atomic mass is 16.5. The Morgan fingerprint density at radius 2 is 2.19 bits per heavy atom. The van der Waals surface area contributed by atoms with Crippen LogP contribution in [-0.2, 0) is 17.8 Å². The fraction of sp³-hybridized carbons (Fsp3) is 0.556. The highest BCUT2D eigenvalue weighted by molar-refractivity contribution is 5.83. The van der Waals surface area contributed by atoms with Crippen molar-refractivity contribution in [2.45, 2.75) is 45.9 Å². The molecule has 114 valence electrons. The topological polar surface area (TPSA) is 26.2 Å². The normalized spacial score (nSPS) is 18.9. The summed E-state index contributed by atoms with van der Waals surface area (Å²) < 4.78 is 8.16. The van der Waals surface area contributed by atoms with Crippen molar-refractivity contribution in [1.29, 1.82) is 0 Å². The zero-order valence-electron chi connectivity index (χ0n) is 13.1. The Morgan fingerprint density at radius 3 is 2.95 bits per heavy atom. The van der Waals surface area contributed by atoms with Crippen molar-refractivity contribution in [2.24, 2.45) is 5.92 Å². The maximum Gasteiger partial charge on any atom is 0.0754 e. The van der Waals surface area contributed by atoms with E-state index in [1.165, 1.54) is 29.3 Å². The fourth-order valence-corrected chi connectivity index (χ4v) is 3.12. The van der Waals surface area contributed by atoms with E-state index in [0.29, 0.717) is 12.0 Å². The van der Waals surface area contributed by atoms with Gasteiger partial charge >= 0.3 is 0 Å². The van der Waals surface area contributed by atoms with Crippen LogP contribution in [0.2, 0.25) is 0 Å². The predicted molar refractivity (Wildman–Crippen MR) is 87.5 cm³/mol. The van der Waals surface area contributed by atoms with E-state index in [1.54, 1.807) is 0 Å². The van der Waals surface area contributed by atoms with Crippen LogP contribution in [0.5, 0.6) is 0 Å². The van der Waals surface area contributed by atoms with Crippen LogP contribution in [0.15, 0.2) is 30.5 Å². The molecule has 1 aliphatic heterocycles. The van der Waals surface area contributed by atoms with Crippen LogP contribution in [0.3, 0.4) is 0 Å². The molecular formula is C18H26N2O. The molecule has 0 radical (unpaired) electrons. The monoisotopic (exact) mass is 286 g/mol. The number of aromatic nitrogens is 1. The molecule has 1 N–H and O–H groups in total. The number of nitrogens with zero attached hydrogens (tertiary/aromatic N) is 1. The molecule has 3 heteroatoms. The minimum Gasteiger partial charge on any atom is -0.376 e. The summed E-state index contributed by atoms with van der Waals surface area (Å²) in [6.45, 7) is 8.39. The molecule has 1 aromatic heterocycles. The molecule has 2 heterocycles. The highest BCUT2D eigenvalue weighted by Crippen LogP contribution is 2.23. The van der Waals surface area contributed by atoms with Gasteiger partial charge in [-0.15, -0.1) is 0 Å². The SMILES string of the molecule is CC(C)CNCc1cn(CC2CCCO2)c2ccccc12. The summed E-state index contributed by atoms with van der Waals surface area (Å²) in [5, 5.41) is 4.92. The molecule has 0 amide bonds. The third-order valence-corrected chi connectivity index (χ3v) is 4.16. The van der Waals surface area contributed by atoms with E-state index in [4.69, 9.17) is 4.74 Å². The summed E-state index contributed by atoms with van der Waals surface area (Å²) in [5.41, 5.74) is 2.72. The van der Waals surface area contributed by atoms with Gasteiger partial charge in [0.1, 0.15) is 0 Å². The third kappa shape index (κ3) is 3.47. The summed E-state index contributed by atoms with van der Waals surface area (Å²) in [5.74, 6) is 0.685. The standard InChI is InChI=1S/C18H26N2O/c1-14(2)10-19-11-15-12-20(13-16-6-5-9-21-16)18-8-4-3-7-17(15)18/h3-4,7-8,12,14,16,19H,5-6,9-11,13H2,1-2H3. The van der Waals surface area contributed by atoms with Crippen molar-refractivity contribution >= 4 is 10.9 Å². The number of hydrogen-bond donors (Lipinski definition) is 1. The number of benzene rings is 1. The first kappa shape index (κ1) is 14.6. The molecule has 0 bridgehead atoms. The second-order valence-electron chi connectivity index (χ2n) is 6.48. The molecule has 1 unspecified atom stereocenters. The maximum absolute atomic E-state index is 5.79. The molecule has 0 aliphatic carbocycles. The lowest BCUT2D eigenvalue weighted by molar-refractivity contribution is 0.0980. The summed E-state index contributed by atoms with van der Waals surface area (Å²) in [4.78, 5) is 0. The first-order chi connectivity index (χ1) is 10.2. The smallest absolute Gasteiger partial charge is 0.0754 e. The second kappa shape index (κ2) is 6.63. The van der Waals surface area contributed by atoms with E-state index in [1.807, 2.05) is 0 Å². The van der Waals surface area contributed by atoms with Crippen molar-refractivity contribution in [3.8, 4) is 0 Å². The quantitative estimate of drug-likeness (QED) is 0.878. The Morgan fingerprint density at radius 1 is 1.33 bits per heavy atom. The summed E-state index contributed by atoms with van der Waals surface area (Å²) >= 11 is 0. The van der Waals surface area contributed by atoms with E-state index in [0.717, 1.165) is 26.2 Å². The molecule has 0 spiro atoms. The number of hydrogen-bond acceptors (Lipinski definition) is 2. The van der Waals surface area contributed by atoms with Crippen LogP contribution in [-0.4, -0.2) is 23.8 Å². The van der Waals surface area contributed by atoms with Crippen molar-refractivity contribution in [2.75, 3.05) is 13.2 Å². The van der Waals surface area contributed by atoms with E-state index in [-0.39, 0.29) is 0 Å². The molecule has 2 aromatic rings. The number of fused-ring (bicyclic) bond motifs is 1. The minimum atomic E-state index is 0.386. The summed E-state index contributed by atoms with van der Waals surface area (Å²) in [6, 6.07) is 8.70. The van der Waals surface area contributed by atoms with Gasteiger partial charge in [-0.3, -0.25) is 0 Å². The second-order valence-corrected chi connectivity index (χ2v) is 6.48. The zero-order valence-corrected chi connectivity index (χ0v) is 13.1. The van der Waals surface area contributed by atoms with Gasteiger partial charge in [0.25, 0.3) is 0 Å². The average Bonchev–Trinajstić information content (AvgIpc) is 3.09. The van der Waals surface area contributed by atoms with Crippen LogP contribution >= 0.6 is 0 Å². The Hall–Kier alpha value is -1.32. The van der Waals surface area contributed by atoms with Crippen molar-refractivity contribution in [3.05, 3.63) is 36.0 Å². The maximum atomic E-state index is 5.79. The number of nitrogens with one attached hydrogen (secondary N) is 1. The molecule has 1 aliphatic rings. The molecule has 21 heavy (non-hydrogen) atoms. The van der Waals surface area contributed by atoms with Gasteiger partial charge in [0, 0.05) is 36.8 Å². The predicted octanol–water partition coefficient (Wildman–Crippen LogP) is 3.57. The van der Waals surface area contributed by atoms with Crippen molar-refractivity contribution in [3.63, 3.8) is 0 Å². The summed E-state index contributed by atoms with van der Waals surface area (Å²) in [7, 11) is 0. The molecule has 1 aromatic carbocycles. The van der Waals surface area contributed by atoms with E-state index in [2.05, 4.69) is 54.2 Å². The molecule has 1 saturated heterocycles. The van der Waals surface area contributed by atoms with Crippen LogP contribution in [0.1, 0.15) is 32.3 Å². The minimum absolute atomic E-state index is 0.386. The van der Waals surface area contributed by atoms with E-state index < -0.39 is 0 Å². The molecule has 0 saturated carbocycles. The first-order valence-corrected chi connectivity index (χ1v) is 8.13. The first-order valence-electron chi connectivity index (χ1n) is 8.13. The van der Waals surface area contributed by atoms with Gasteiger partial charge in [0.05, 0.1) is 6.10 Å². The van der Waals surface area contributed by atoms with Crippen LogP contribution < -0.4 is 5.32 Å². The van der Waals surface area contributed by atoms with Gasteiger partial charge in [-0.25, -0.2) is 0 Å². The van der Waals surface area contributed by atoms with Crippen molar-refractivity contribution in [1.82, 2.24) is 9.88 Å². The number of rotatable bonds is 6. The Kier molecular flexibility index (Phi) is 4.61. The van der Waals surface area contributed by atoms with E-state index >= 15 is 0 Å². The largest absolute Gasteiger partial charge is 0.376 e. The Bertz CT molecular complexity index is 582. The fourth-order valence-electron chi connectivity index (χ4n) is 3.12. The van der Waals surface area contributed by atoms with Crippen LogP contribution in [0, 0.1) is 5.92 Å². The molecular weight excluding hydrogens is 260 g/mol. The van der Waals surface area contributed by atoms with Gasteiger partial charge in [-0.1, -0.05) is 32.0 Å². The summed E-state index contributed by atoms with van der Waals surface area (Å²) in [6.07, 6.45) is 5.08. The Balaban J connectivity index is 1.79. The number of para-hydroxylation sites is 1. The molecule has 3 nitrogen and oxygen atoms in total. The van der Waals surface area contributed by atoms with Crippen molar-refractivity contribution < 1.29 is 4.74 Å². The van der Waals surface area contributed by atoms with Gasteiger partial charge in [-0.05, 0) is 36.9 Å². The molecule has 3 rings (SSSR count). The zero-order chi connectivity index (χ0) is 14.7. The van der Waals surface area contributed by atoms with Gasteiger partial charge in [0.15, 0.2) is 0 Å². The lowest BCUT2D eigenvalue weighted by Crippen LogP contribution is -2.19. The molecule has 1 atom stereocenters. The van der Waals surface area contributed by atoms with Gasteiger partial charge in [-0.2, -0.15) is 0 Å². The number of ether oxygens (including phenoxy) is 1. The third-order valence-electron chi connectivity index (χ3n) is 4.16. The van der Waals surface area contributed by atoms with E-state index in [9.17, 15) is 0 Å². The van der Waals surface area contributed by atoms with Crippen LogP contribution in [0.4, 0.5) is 0 Å². The highest BCUT2D eigenvalue weighted by Gasteiger charge is 2.17. The van der Waals surface area contributed by atoms with Gasteiger partial charge < -0.3 is 14.6 Å². The van der Waals surface area contributed by atoms with Crippen LogP contribution in [0.25, 0.3) is 10.9 Å². The van der Waals surface area contributed by atoms with Gasteiger partial charge in [0.2, 0.25) is 0 Å².